The molecule has 2 aromatic rings. The van der Waals surface area contributed by atoms with E-state index in [1.165, 1.54) is 25.1 Å². The number of carbonyl (C=O) groups excluding carboxylic acids is 1. The molecule has 0 spiro atoms. The Kier molecular flexibility index (Phi) is 5.13. The molecule has 0 aliphatic carbocycles. The predicted molar refractivity (Wildman–Crippen MR) is 80.8 cm³/mol. The van der Waals surface area contributed by atoms with Crippen molar-refractivity contribution in [3.63, 3.8) is 0 Å². The van der Waals surface area contributed by atoms with Crippen LogP contribution in [0.2, 0.25) is 0 Å². The van der Waals surface area contributed by atoms with Crippen LogP contribution in [-0.4, -0.2) is 41.4 Å². The molecule has 1 amide bonds. The minimum atomic E-state index is -0.525. The van der Waals surface area contributed by atoms with E-state index in [9.17, 15) is 14.9 Å². The molecule has 9 heteroatoms. The summed E-state index contributed by atoms with van der Waals surface area (Å²) in [6.07, 6.45) is 2.46. The van der Waals surface area contributed by atoms with Crippen LogP contribution in [0.1, 0.15) is 10.4 Å². The molecule has 1 aromatic carbocycles. The highest BCUT2D eigenvalue weighted by Gasteiger charge is 2.16. The van der Waals surface area contributed by atoms with Gasteiger partial charge in [-0.15, -0.1) is 0 Å². The summed E-state index contributed by atoms with van der Waals surface area (Å²) >= 11 is 0. The number of methoxy groups -OCH3 is 2. The van der Waals surface area contributed by atoms with Gasteiger partial charge in [0.25, 0.3) is 5.91 Å². The number of nitro groups is 1. The quantitative estimate of drug-likeness (QED) is 0.607. The van der Waals surface area contributed by atoms with Crippen molar-refractivity contribution in [3.8, 4) is 11.5 Å². The fourth-order valence-corrected chi connectivity index (χ4v) is 2.01. The number of ether oxygens (including phenoxy) is 2. The van der Waals surface area contributed by atoms with Gasteiger partial charge in [-0.2, -0.15) is 5.10 Å². The Labute approximate surface area is 132 Å². The zero-order valence-corrected chi connectivity index (χ0v) is 12.7. The normalized spacial score (nSPS) is 10.2. The van der Waals surface area contributed by atoms with Crippen molar-refractivity contribution in [2.45, 2.75) is 6.54 Å². The lowest BCUT2D eigenvalue weighted by Crippen LogP contribution is -2.27. The minimum absolute atomic E-state index is 0.0919. The molecule has 0 saturated heterocycles. The van der Waals surface area contributed by atoms with Gasteiger partial charge in [-0.1, -0.05) is 6.07 Å². The molecule has 0 aliphatic heterocycles. The van der Waals surface area contributed by atoms with E-state index in [0.717, 1.165) is 6.20 Å². The number of carbonyl (C=O) groups is 1. The maximum Gasteiger partial charge on any atom is 0.306 e. The molecule has 2 rings (SSSR count). The topological polar surface area (TPSA) is 109 Å². The largest absolute Gasteiger partial charge is 0.493 e. The molecule has 1 N–H and O–H groups in total. The molecule has 0 unspecified atom stereocenters. The van der Waals surface area contributed by atoms with E-state index in [4.69, 9.17) is 9.47 Å². The standard InChI is InChI=1S/C14H16N4O5/c1-22-12-5-3-4-11(13(12)23-2)14(19)15-6-7-17-9-10(8-16-17)18(20)21/h3-5,8-9H,6-7H2,1-2H3,(H,15,19). The summed E-state index contributed by atoms with van der Waals surface area (Å²) in [6, 6.07) is 5.00. The third-order valence-electron chi connectivity index (χ3n) is 3.10. The van der Waals surface area contributed by atoms with Crippen LogP contribution in [0.25, 0.3) is 0 Å². The molecule has 0 radical (unpaired) electrons. The highest BCUT2D eigenvalue weighted by molar-refractivity contribution is 5.97. The SMILES string of the molecule is COc1cccc(C(=O)NCCn2cc([N+](=O)[O-])cn2)c1OC. The van der Waals surface area contributed by atoms with E-state index in [2.05, 4.69) is 10.4 Å². The van der Waals surface area contributed by atoms with Crippen molar-refractivity contribution in [1.82, 2.24) is 15.1 Å². The number of rotatable bonds is 7. The van der Waals surface area contributed by atoms with Gasteiger partial charge in [0.05, 0.1) is 31.3 Å². The molecule has 122 valence electrons. The maximum absolute atomic E-state index is 12.2. The van der Waals surface area contributed by atoms with E-state index >= 15 is 0 Å². The molecule has 23 heavy (non-hydrogen) atoms. The summed E-state index contributed by atoms with van der Waals surface area (Å²) in [7, 11) is 2.95. The molecule has 1 aromatic heterocycles. The van der Waals surface area contributed by atoms with Crippen molar-refractivity contribution in [3.05, 3.63) is 46.3 Å². The third-order valence-corrected chi connectivity index (χ3v) is 3.10. The van der Waals surface area contributed by atoms with Gasteiger partial charge in [0.15, 0.2) is 11.5 Å². The lowest BCUT2D eigenvalue weighted by molar-refractivity contribution is -0.385. The highest BCUT2D eigenvalue weighted by Crippen LogP contribution is 2.30. The van der Waals surface area contributed by atoms with Gasteiger partial charge in [-0.25, -0.2) is 0 Å². The Balaban J connectivity index is 1.98. The minimum Gasteiger partial charge on any atom is -0.493 e. The van der Waals surface area contributed by atoms with E-state index in [1.807, 2.05) is 0 Å². The number of hydrogen-bond donors (Lipinski definition) is 1. The van der Waals surface area contributed by atoms with Crippen LogP contribution >= 0.6 is 0 Å². The van der Waals surface area contributed by atoms with Crippen LogP contribution in [-0.2, 0) is 6.54 Å². The first-order valence-corrected chi connectivity index (χ1v) is 6.73. The molecular formula is C14H16N4O5. The van der Waals surface area contributed by atoms with Gasteiger partial charge < -0.3 is 14.8 Å². The molecule has 0 saturated carbocycles. The second-order valence-corrected chi connectivity index (χ2v) is 4.52. The Hall–Kier alpha value is -3.10. The van der Waals surface area contributed by atoms with Gasteiger partial charge in [-0.3, -0.25) is 19.6 Å². The molecule has 0 bridgehead atoms. The second kappa shape index (κ2) is 7.25. The van der Waals surface area contributed by atoms with Crippen molar-refractivity contribution in [1.29, 1.82) is 0 Å². The van der Waals surface area contributed by atoms with E-state index in [1.54, 1.807) is 18.2 Å². The third kappa shape index (κ3) is 3.76. The molecule has 0 aliphatic rings. The number of nitrogens with zero attached hydrogens (tertiary/aromatic N) is 3. The van der Waals surface area contributed by atoms with E-state index in [0.29, 0.717) is 23.6 Å². The van der Waals surface area contributed by atoms with Gasteiger partial charge in [-0.05, 0) is 12.1 Å². The first-order chi connectivity index (χ1) is 11.1. The van der Waals surface area contributed by atoms with Crippen molar-refractivity contribution < 1.29 is 19.2 Å². The number of hydrogen-bond acceptors (Lipinski definition) is 6. The number of benzene rings is 1. The van der Waals surface area contributed by atoms with Gasteiger partial charge >= 0.3 is 5.69 Å². The lowest BCUT2D eigenvalue weighted by Gasteiger charge is -2.12. The highest BCUT2D eigenvalue weighted by atomic mass is 16.6. The Morgan fingerprint density at radius 3 is 2.78 bits per heavy atom. The van der Waals surface area contributed by atoms with E-state index in [-0.39, 0.29) is 18.1 Å². The monoisotopic (exact) mass is 320 g/mol. The number of nitrogens with one attached hydrogen (secondary N) is 1. The number of aromatic nitrogens is 2. The number of amides is 1. The van der Waals surface area contributed by atoms with Crippen LogP contribution < -0.4 is 14.8 Å². The van der Waals surface area contributed by atoms with Crippen LogP contribution in [0.4, 0.5) is 5.69 Å². The zero-order chi connectivity index (χ0) is 16.8. The van der Waals surface area contributed by atoms with Crippen LogP contribution in [0.3, 0.4) is 0 Å². The molecular weight excluding hydrogens is 304 g/mol. The smallest absolute Gasteiger partial charge is 0.306 e. The summed E-state index contributed by atoms with van der Waals surface area (Å²) in [5.41, 5.74) is 0.254. The fraction of sp³-hybridized carbons (Fsp3) is 0.286. The predicted octanol–water partition coefficient (Wildman–Crippen LogP) is 1.24. The summed E-state index contributed by atoms with van der Waals surface area (Å²) in [5, 5.41) is 17.1. The Morgan fingerprint density at radius 1 is 1.39 bits per heavy atom. The van der Waals surface area contributed by atoms with Gasteiger partial charge in [0, 0.05) is 6.54 Å². The van der Waals surface area contributed by atoms with Crippen LogP contribution in [0.5, 0.6) is 11.5 Å². The van der Waals surface area contributed by atoms with Gasteiger partial charge in [0.2, 0.25) is 0 Å². The maximum atomic E-state index is 12.2. The molecule has 9 nitrogen and oxygen atoms in total. The average molecular weight is 320 g/mol. The second-order valence-electron chi connectivity index (χ2n) is 4.52. The van der Waals surface area contributed by atoms with Crippen molar-refractivity contribution in [2.75, 3.05) is 20.8 Å². The van der Waals surface area contributed by atoms with Crippen molar-refractivity contribution in [2.24, 2.45) is 0 Å². The molecule has 0 fully saturated rings. The first-order valence-electron chi connectivity index (χ1n) is 6.73. The first kappa shape index (κ1) is 16.3. The summed E-state index contributed by atoms with van der Waals surface area (Å²) < 4.78 is 11.7. The number of para-hydroxylation sites is 1. The summed E-state index contributed by atoms with van der Waals surface area (Å²) in [6.45, 7) is 0.573. The van der Waals surface area contributed by atoms with Crippen molar-refractivity contribution >= 4 is 11.6 Å². The Bertz CT molecular complexity index is 713. The molecule has 0 atom stereocenters. The zero-order valence-electron chi connectivity index (χ0n) is 12.7. The lowest BCUT2D eigenvalue weighted by atomic mass is 10.1. The summed E-state index contributed by atoms with van der Waals surface area (Å²) in [5.74, 6) is 0.479. The van der Waals surface area contributed by atoms with Crippen LogP contribution in [0, 0.1) is 10.1 Å². The van der Waals surface area contributed by atoms with Crippen LogP contribution in [0.15, 0.2) is 30.6 Å². The average Bonchev–Trinajstić information content (AvgIpc) is 3.03. The van der Waals surface area contributed by atoms with E-state index < -0.39 is 4.92 Å². The molecule has 1 heterocycles. The summed E-state index contributed by atoms with van der Waals surface area (Å²) in [4.78, 5) is 22.3. The Morgan fingerprint density at radius 2 is 2.17 bits per heavy atom. The fourth-order valence-electron chi connectivity index (χ4n) is 2.01. The van der Waals surface area contributed by atoms with Gasteiger partial charge in [0.1, 0.15) is 12.4 Å².